The Morgan fingerprint density at radius 2 is 1.71 bits per heavy atom. The monoisotopic (exact) mass is 474 g/mol. The van der Waals surface area contributed by atoms with Gasteiger partial charge in [0.25, 0.3) is 0 Å². The van der Waals surface area contributed by atoms with E-state index >= 15 is 0 Å². The summed E-state index contributed by atoms with van der Waals surface area (Å²) in [7, 11) is 0. The maximum atomic E-state index is 13.1. The van der Waals surface area contributed by atoms with Crippen LogP contribution in [0.3, 0.4) is 0 Å². The first kappa shape index (κ1) is 23.2. The van der Waals surface area contributed by atoms with E-state index < -0.39 is 0 Å². The molecule has 3 aromatic rings. The molecular formula is C28H34N4OS. The minimum Gasteiger partial charge on any atom is -0.337 e. The number of hydrogen-bond donors (Lipinski definition) is 0. The van der Waals surface area contributed by atoms with Crippen molar-refractivity contribution in [2.75, 3.05) is 12.3 Å². The van der Waals surface area contributed by atoms with E-state index in [0.717, 1.165) is 42.4 Å². The molecule has 1 amide bonds. The van der Waals surface area contributed by atoms with Gasteiger partial charge in [0.15, 0.2) is 11.0 Å². The van der Waals surface area contributed by atoms with Crippen LogP contribution in [0.2, 0.25) is 0 Å². The third-order valence-corrected chi connectivity index (χ3v) is 8.10. The molecule has 0 N–H and O–H groups in total. The molecule has 34 heavy (non-hydrogen) atoms. The van der Waals surface area contributed by atoms with Crippen LogP contribution in [0.5, 0.6) is 0 Å². The fourth-order valence-electron chi connectivity index (χ4n) is 5.11. The van der Waals surface area contributed by atoms with E-state index in [1.54, 1.807) is 0 Å². The second-order valence-corrected chi connectivity index (χ2v) is 11.5. The molecular weight excluding hydrogens is 440 g/mol. The lowest BCUT2D eigenvalue weighted by Crippen LogP contribution is -2.37. The fraction of sp³-hybridized carbons (Fsp3) is 0.464. The zero-order valence-electron chi connectivity index (χ0n) is 20.5. The third-order valence-electron chi connectivity index (χ3n) is 7.17. The first-order valence-electron chi connectivity index (χ1n) is 12.4. The lowest BCUT2D eigenvalue weighted by Gasteiger charge is -2.28. The van der Waals surface area contributed by atoms with Crippen molar-refractivity contribution < 1.29 is 4.79 Å². The molecule has 6 heteroatoms. The van der Waals surface area contributed by atoms with Crippen LogP contribution >= 0.6 is 11.8 Å². The third kappa shape index (κ3) is 4.78. The fourth-order valence-corrected chi connectivity index (χ4v) is 6.02. The van der Waals surface area contributed by atoms with Gasteiger partial charge in [-0.3, -0.25) is 9.36 Å². The van der Waals surface area contributed by atoms with Gasteiger partial charge in [-0.15, -0.1) is 10.2 Å². The lowest BCUT2D eigenvalue weighted by molar-refractivity contribution is -0.129. The summed E-state index contributed by atoms with van der Waals surface area (Å²) in [4.78, 5) is 15.1. The van der Waals surface area contributed by atoms with Gasteiger partial charge in [0.1, 0.15) is 0 Å². The molecule has 0 radical (unpaired) electrons. The van der Waals surface area contributed by atoms with E-state index in [2.05, 4.69) is 84.1 Å². The van der Waals surface area contributed by atoms with Gasteiger partial charge >= 0.3 is 0 Å². The van der Waals surface area contributed by atoms with E-state index in [1.165, 1.54) is 41.3 Å². The Labute approximate surface area is 207 Å². The molecule has 1 aliphatic heterocycles. The van der Waals surface area contributed by atoms with Gasteiger partial charge in [-0.2, -0.15) is 0 Å². The van der Waals surface area contributed by atoms with Crippen LogP contribution in [-0.4, -0.2) is 37.9 Å². The zero-order chi connectivity index (χ0) is 23.7. The van der Waals surface area contributed by atoms with Crippen molar-refractivity contribution in [3.8, 4) is 11.4 Å². The molecule has 2 heterocycles. The number of carbonyl (C=O) groups is 1. The van der Waals surface area contributed by atoms with E-state index in [1.807, 2.05) is 4.90 Å². The number of benzene rings is 2. The van der Waals surface area contributed by atoms with Crippen molar-refractivity contribution in [3.05, 3.63) is 65.2 Å². The molecule has 1 saturated carbocycles. The number of nitrogens with zero attached hydrogens (tertiary/aromatic N) is 4. The summed E-state index contributed by atoms with van der Waals surface area (Å²) in [6.45, 7) is 8.19. The first-order chi connectivity index (χ1) is 16.4. The van der Waals surface area contributed by atoms with E-state index in [9.17, 15) is 4.79 Å². The predicted octanol–water partition coefficient (Wildman–Crippen LogP) is 6.03. The second-order valence-electron chi connectivity index (χ2n) is 10.6. The van der Waals surface area contributed by atoms with E-state index in [4.69, 9.17) is 0 Å². The second kappa shape index (κ2) is 9.57. The molecule has 0 spiro atoms. The highest BCUT2D eigenvalue weighted by Gasteiger charge is 2.27. The molecule has 1 aromatic heterocycles. The van der Waals surface area contributed by atoms with Crippen molar-refractivity contribution in [2.45, 2.75) is 76.0 Å². The van der Waals surface area contributed by atoms with Crippen LogP contribution < -0.4 is 0 Å². The van der Waals surface area contributed by atoms with Gasteiger partial charge in [-0.25, -0.2) is 0 Å². The average molecular weight is 475 g/mol. The molecule has 0 unspecified atom stereocenters. The molecule has 0 saturated heterocycles. The maximum Gasteiger partial charge on any atom is 0.233 e. The van der Waals surface area contributed by atoms with Crippen molar-refractivity contribution >= 4 is 17.7 Å². The van der Waals surface area contributed by atoms with E-state index in [-0.39, 0.29) is 11.3 Å². The molecule has 0 bridgehead atoms. The summed E-state index contributed by atoms with van der Waals surface area (Å²) >= 11 is 1.54. The average Bonchev–Trinajstić information content (AvgIpc) is 3.51. The van der Waals surface area contributed by atoms with Gasteiger partial charge in [0, 0.05) is 24.7 Å². The summed E-state index contributed by atoms with van der Waals surface area (Å²) in [5.74, 6) is 1.50. The number of rotatable bonds is 5. The van der Waals surface area contributed by atoms with Gasteiger partial charge in [-0.1, -0.05) is 93.9 Å². The number of aromatic nitrogens is 3. The Bertz CT molecular complexity index is 1160. The van der Waals surface area contributed by atoms with Gasteiger partial charge < -0.3 is 4.90 Å². The lowest BCUT2D eigenvalue weighted by atomic mass is 9.86. The van der Waals surface area contributed by atoms with Crippen LogP contribution in [-0.2, 0) is 23.2 Å². The summed E-state index contributed by atoms with van der Waals surface area (Å²) in [5, 5.41) is 10.0. The molecule has 1 aliphatic carbocycles. The highest BCUT2D eigenvalue weighted by molar-refractivity contribution is 7.99. The minimum absolute atomic E-state index is 0.119. The van der Waals surface area contributed by atoms with Crippen molar-refractivity contribution in [1.82, 2.24) is 19.7 Å². The Morgan fingerprint density at radius 1 is 1.00 bits per heavy atom. The predicted molar refractivity (Wildman–Crippen MR) is 138 cm³/mol. The number of carbonyl (C=O) groups excluding carboxylic acids is 1. The van der Waals surface area contributed by atoms with Gasteiger partial charge in [0.2, 0.25) is 5.91 Å². The quantitative estimate of drug-likeness (QED) is 0.423. The number of thioether (sulfide) groups is 1. The Hall–Kier alpha value is -2.60. The number of hydrogen-bond acceptors (Lipinski definition) is 4. The van der Waals surface area contributed by atoms with Crippen LogP contribution in [0.1, 0.15) is 69.2 Å². The summed E-state index contributed by atoms with van der Waals surface area (Å²) in [5.41, 5.74) is 5.16. The van der Waals surface area contributed by atoms with Crippen LogP contribution in [0.4, 0.5) is 0 Å². The minimum atomic E-state index is 0.119. The number of fused-ring (bicyclic) bond motifs is 1. The molecule has 2 aliphatic rings. The van der Waals surface area contributed by atoms with Crippen molar-refractivity contribution in [3.63, 3.8) is 0 Å². The maximum absolute atomic E-state index is 13.1. The topological polar surface area (TPSA) is 51.0 Å². The van der Waals surface area contributed by atoms with Crippen LogP contribution in [0.15, 0.2) is 53.7 Å². The smallest absolute Gasteiger partial charge is 0.233 e. The normalized spacial score (nSPS) is 16.6. The summed E-state index contributed by atoms with van der Waals surface area (Å²) < 4.78 is 2.31. The highest BCUT2D eigenvalue weighted by Crippen LogP contribution is 2.37. The molecule has 178 valence electrons. The Kier molecular flexibility index (Phi) is 6.52. The molecule has 2 aromatic carbocycles. The molecule has 5 rings (SSSR count). The zero-order valence-corrected chi connectivity index (χ0v) is 21.3. The largest absolute Gasteiger partial charge is 0.337 e. The summed E-state index contributed by atoms with van der Waals surface area (Å²) in [6.07, 6.45) is 5.70. The van der Waals surface area contributed by atoms with Crippen LogP contribution in [0.25, 0.3) is 11.4 Å². The summed E-state index contributed by atoms with van der Waals surface area (Å²) in [6, 6.07) is 17.6. The first-order valence-corrected chi connectivity index (χ1v) is 13.4. The van der Waals surface area contributed by atoms with Crippen molar-refractivity contribution in [1.29, 1.82) is 0 Å². The Balaban J connectivity index is 1.34. The molecule has 5 nitrogen and oxygen atoms in total. The van der Waals surface area contributed by atoms with E-state index in [0.29, 0.717) is 18.3 Å². The Morgan fingerprint density at radius 3 is 2.41 bits per heavy atom. The van der Waals surface area contributed by atoms with Gasteiger partial charge in [-0.05, 0) is 41.4 Å². The van der Waals surface area contributed by atoms with Gasteiger partial charge in [0.05, 0.1) is 5.75 Å². The van der Waals surface area contributed by atoms with Crippen LogP contribution in [0, 0.1) is 0 Å². The molecule has 1 fully saturated rings. The highest BCUT2D eigenvalue weighted by atomic mass is 32.2. The van der Waals surface area contributed by atoms with Crippen molar-refractivity contribution in [2.24, 2.45) is 0 Å². The number of amides is 1. The standard InChI is InChI=1S/C28H34N4OS/c1-28(2,3)23-14-12-21(13-15-23)26-29-30-27(32(26)24-10-6-7-11-24)34-19-25(33)31-17-16-20-8-4-5-9-22(20)18-31/h4-5,8-9,12-15,24H,6-7,10-11,16-19H2,1-3H3. The molecule has 0 atom stereocenters. The SMILES string of the molecule is CC(C)(C)c1ccc(-c2nnc(SCC(=O)N3CCc4ccccc4C3)n2C2CCCC2)cc1.